The molecule has 1 aliphatic heterocycles. The summed E-state index contributed by atoms with van der Waals surface area (Å²) in [5, 5.41) is 3.30. The number of thiophene rings is 1. The number of carbonyl (C=O) groups excluding carboxylic acids is 4. The Kier molecular flexibility index (Phi) is 6.45. The number of hydrogen-bond donors (Lipinski definition) is 1. The zero-order valence-corrected chi connectivity index (χ0v) is 20.9. The molecule has 2 heterocycles. The second kappa shape index (κ2) is 9.70. The molecule has 0 saturated carbocycles. The molecule has 2 unspecified atom stereocenters. The highest BCUT2D eigenvalue weighted by molar-refractivity contribution is 7.17. The zero-order chi connectivity index (χ0) is 25.4. The SMILES string of the molecule is COC(=O)c1c(NC(=O)C(Cc2ccccc2)N2C(=O)c3ccccc3C2=O)sc2c1CCC(C)C2. The summed E-state index contributed by atoms with van der Waals surface area (Å²) in [4.78, 5) is 55.1. The number of imide groups is 1. The zero-order valence-electron chi connectivity index (χ0n) is 20.1. The highest BCUT2D eigenvalue weighted by atomic mass is 32.1. The van der Waals surface area contributed by atoms with Crippen molar-refractivity contribution in [1.29, 1.82) is 0 Å². The molecule has 36 heavy (non-hydrogen) atoms. The van der Waals surface area contributed by atoms with Crippen molar-refractivity contribution in [2.45, 2.75) is 38.6 Å². The smallest absolute Gasteiger partial charge is 0.341 e. The molecule has 8 heteroatoms. The molecule has 3 amide bonds. The second-order valence-corrected chi connectivity index (χ2v) is 10.4. The van der Waals surface area contributed by atoms with Crippen LogP contribution in [-0.4, -0.2) is 41.7 Å². The molecule has 5 rings (SSSR count). The van der Waals surface area contributed by atoms with Gasteiger partial charge in [0.2, 0.25) is 5.91 Å². The molecule has 0 bridgehead atoms. The van der Waals surface area contributed by atoms with Gasteiger partial charge in [0.05, 0.1) is 23.8 Å². The monoisotopic (exact) mass is 502 g/mol. The van der Waals surface area contributed by atoms with Crippen molar-refractivity contribution in [1.82, 2.24) is 4.90 Å². The first-order chi connectivity index (χ1) is 17.4. The van der Waals surface area contributed by atoms with E-state index in [1.165, 1.54) is 18.4 Å². The van der Waals surface area contributed by atoms with Crippen molar-refractivity contribution < 1.29 is 23.9 Å². The van der Waals surface area contributed by atoms with Crippen molar-refractivity contribution in [3.63, 3.8) is 0 Å². The first kappa shape index (κ1) is 23.9. The van der Waals surface area contributed by atoms with Crippen LogP contribution >= 0.6 is 11.3 Å². The Labute approximate surface area is 213 Å². The van der Waals surface area contributed by atoms with Gasteiger partial charge < -0.3 is 10.1 Å². The Hall–Kier alpha value is -3.78. The number of nitrogens with one attached hydrogen (secondary N) is 1. The van der Waals surface area contributed by atoms with Crippen LogP contribution in [0.25, 0.3) is 0 Å². The Balaban J connectivity index is 1.52. The fraction of sp³-hybridized carbons (Fsp3) is 0.286. The van der Waals surface area contributed by atoms with Gasteiger partial charge >= 0.3 is 5.97 Å². The molecule has 2 aliphatic rings. The van der Waals surface area contributed by atoms with Gasteiger partial charge in [-0.15, -0.1) is 11.3 Å². The summed E-state index contributed by atoms with van der Waals surface area (Å²) >= 11 is 1.37. The molecule has 184 valence electrons. The summed E-state index contributed by atoms with van der Waals surface area (Å²) in [6, 6.07) is 14.7. The maximum Gasteiger partial charge on any atom is 0.341 e. The summed E-state index contributed by atoms with van der Waals surface area (Å²) in [6.45, 7) is 2.16. The minimum absolute atomic E-state index is 0.147. The van der Waals surface area contributed by atoms with Gasteiger partial charge in [-0.05, 0) is 48.4 Å². The highest BCUT2D eigenvalue weighted by Crippen LogP contribution is 2.40. The van der Waals surface area contributed by atoms with E-state index in [4.69, 9.17) is 4.74 Å². The number of amides is 3. The molecule has 2 atom stereocenters. The normalized spacial score (nSPS) is 17.4. The molecule has 2 aromatic carbocycles. The summed E-state index contributed by atoms with van der Waals surface area (Å²) in [5.41, 5.74) is 2.66. The molecular weight excluding hydrogens is 476 g/mol. The topological polar surface area (TPSA) is 92.8 Å². The van der Waals surface area contributed by atoms with Gasteiger partial charge in [-0.3, -0.25) is 19.3 Å². The molecule has 0 spiro atoms. The highest BCUT2D eigenvalue weighted by Gasteiger charge is 2.43. The van der Waals surface area contributed by atoms with Gasteiger partial charge in [0, 0.05) is 11.3 Å². The Morgan fingerprint density at radius 3 is 2.33 bits per heavy atom. The summed E-state index contributed by atoms with van der Waals surface area (Å²) in [7, 11) is 1.32. The number of esters is 1. The molecule has 0 radical (unpaired) electrons. The van der Waals surface area contributed by atoms with Gasteiger partial charge in [-0.25, -0.2) is 4.79 Å². The third-order valence-electron chi connectivity index (χ3n) is 6.85. The first-order valence-electron chi connectivity index (χ1n) is 11.9. The van der Waals surface area contributed by atoms with E-state index in [-0.39, 0.29) is 17.5 Å². The average Bonchev–Trinajstić information content (AvgIpc) is 3.36. The molecule has 7 nitrogen and oxygen atoms in total. The van der Waals surface area contributed by atoms with Gasteiger partial charge in [-0.1, -0.05) is 49.4 Å². The molecular formula is C28H26N2O5S. The van der Waals surface area contributed by atoms with Crippen molar-refractivity contribution in [3.8, 4) is 0 Å². The Morgan fingerprint density at radius 1 is 1.06 bits per heavy atom. The standard InChI is InChI=1S/C28H26N2O5S/c1-16-12-13-20-22(14-16)36-25(23(20)28(34)35-2)29-24(31)21(15-17-8-4-3-5-9-17)30-26(32)18-10-6-7-11-19(18)27(30)33/h3-11,16,21H,12-15H2,1-2H3,(H,29,31). The fourth-order valence-corrected chi connectivity index (χ4v) is 6.38. The lowest BCUT2D eigenvalue weighted by atomic mass is 9.88. The number of methoxy groups -OCH3 is 1. The Bertz CT molecular complexity index is 1330. The maximum absolute atomic E-state index is 13.8. The number of rotatable bonds is 6. The van der Waals surface area contributed by atoms with E-state index in [0.29, 0.717) is 16.5 Å². The van der Waals surface area contributed by atoms with Crippen LogP contribution < -0.4 is 5.32 Å². The second-order valence-electron chi connectivity index (χ2n) is 9.27. The lowest BCUT2D eigenvalue weighted by Crippen LogP contribution is -2.48. The predicted molar refractivity (Wildman–Crippen MR) is 136 cm³/mol. The maximum atomic E-state index is 13.8. The third-order valence-corrected chi connectivity index (χ3v) is 8.02. The largest absolute Gasteiger partial charge is 0.465 e. The third kappa shape index (κ3) is 4.22. The van der Waals surface area contributed by atoms with Gasteiger partial charge in [0.15, 0.2) is 0 Å². The van der Waals surface area contributed by atoms with E-state index in [0.717, 1.165) is 40.2 Å². The molecule has 1 aromatic heterocycles. The minimum Gasteiger partial charge on any atom is -0.465 e. The van der Waals surface area contributed by atoms with Gasteiger partial charge in [-0.2, -0.15) is 0 Å². The van der Waals surface area contributed by atoms with E-state index in [2.05, 4.69) is 12.2 Å². The van der Waals surface area contributed by atoms with Crippen molar-refractivity contribution in [2.75, 3.05) is 12.4 Å². The van der Waals surface area contributed by atoms with Crippen LogP contribution in [0.1, 0.15) is 60.4 Å². The molecule has 0 saturated heterocycles. The average molecular weight is 503 g/mol. The van der Waals surface area contributed by atoms with Crippen LogP contribution in [0.15, 0.2) is 54.6 Å². The number of carbonyl (C=O) groups is 4. The van der Waals surface area contributed by atoms with Crippen LogP contribution in [0.3, 0.4) is 0 Å². The number of ether oxygens (including phenoxy) is 1. The van der Waals surface area contributed by atoms with E-state index < -0.39 is 29.7 Å². The van der Waals surface area contributed by atoms with E-state index in [1.54, 1.807) is 24.3 Å². The van der Waals surface area contributed by atoms with Crippen LogP contribution in [0.5, 0.6) is 0 Å². The molecule has 1 N–H and O–H groups in total. The van der Waals surface area contributed by atoms with Crippen LogP contribution in [-0.2, 0) is 28.8 Å². The lowest BCUT2D eigenvalue weighted by molar-refractivity contribution is -0.119. The van der Waals surface area contributed by atoms with Crippen molar-refractivity contribution >= 4 is 40.0 Å². The van der Waals surface area contributed by atoms with Crippen LogP contribution in [0.4, 0.5) is 5.00 Å². The van der Waals surface area contributed by atoms with Crippen LogP contribution in [0, 0.1) is 5.92 Å². The number of anilines is 1. The van der Waals surface area contributed by atoms with E-state index in [9.17, 15) is 19.2 Å². The summed E-state index contributed by atoms with van der Waals surface area (Å²) < 4.78 is 5.04. The summed E-state index contributed by atoms with van der Waals surface area (Å²) in [6.07, 6.45) is 2.66. The summed E-state index contributed by atoms with van der Waals surface area (Å²) in [5.74, 6) is -1.55. The number of fused-ring (bicyclic) bond motifs is 2. The quantitative estimate of drug-likeness (QED) is 0.396. The van der Waals surface area contributed by atoms with Gasteiger partial charge in [0.1, 0.15) is 11.0 Å². The number of hydrogen-bond acceptors (Lipinski definition) is 6. The predicted octanol–water partition coefficient (Wildman–Crippen LogP) is 4.51. The first-order valence-corrected chi connectivity index (χ1v) is 12.7. The lowest BCUT2D eigenvalue weighted by Gasteiger charge is -2.25. The number of benzene rings is 2. The molecule has 3 aromatic rings. The van der Waals surface area contributed by atoms with Crippen molar-refractivity contribution in [2.24, 2.45) is 5.92 Å². The number of nitrogens with zero attached hydrogens (tertiary/aromatic N) is 1. The van der Waals surface area contributed by atoms with E-state index >= 15 is 0 Å². The van der Waals surface area contributed by atoms with Gasteiger partial charge in [0.25, 0.3) is 11.8 Å². The fourth-order valence-electron chi connectivity index (χ4n) is 4.98. The van der Waals surface area contributed by atoms with E-state index in [1.807, 2.05) is 30.3 Å². The molecule has 1 aliphatic carbocycles. The minimum atomic E-state index is -1.09. The van der Waals surface area contributed by atoms with Crippen LogP contribution in [0.2, 0.25) is 0 Å². The Morgan fingerprint density at radius 2 is 1.69 bits per heavy atom. The molecule has 0 fully saturated rings. The van der Waals surface area contributed by atoms with Crippen molar-refractivity contribution in [3.05, 3.63) is 87.3 Å².